The van der Waals surface area contributed by atoms with Crippen molar-refractivity contribution < 1.29 is 18.0 Å². The quantitative estimate of drug-likeness (QED) is 0.265. The maximum absolute atomic E-state index is 14.2. The van der Waals surface area contributed by atoms with E-state index in [2.05, 4.69) is 5.32 Å². The third-order valence-corrected chi connectivity index (χ3v) is 8.46. The molecule has 0 aliphatic rings. The monoisotopic (exact) mass is 637 g/mol. The predicted molar refractivity (Wildman–Crippen MR) is 167 cm³/mol. The number of anilines is 1. The lowest BCUT2D eigenvalue weighted by Gasteiger charge is -2.35. The first-order valence-corrected chi connectivity index (χ1v) is 15.9. The highest BCUT2D eigenvalue weighted by Gasteiger charge is 2.35. The maximum Gasteiger partial charge on any atom is 0.244 e. The second kappa shape index (κ2) is 13.5. The molecule has 0 aliphatic carbocycles. The smallest absolute Gasteiger partial charge is 0.244 e. The van der Waals surface area contributed by atoms with Crippen molar-refractivity contribution in [2.75, 3.05) is 17.1 Å². The normalized spacial score (nSPS) is 12.5. The summed E-state index contributed by atoms with van der Waals surface area (Å²) in [5, 5.41) is 3.22. The topological polar surface area (TPSA) is 86.8 Å². The zero-order valence-corrected chi connectivity index (χ0v) is 26.7. The van der Waals surface area contributed by atoms with Crippen molar-refractivity contribution in [1.82, 2.24) is 10.2 Å². The van der Waals surface area contributed by atoms with E-state index in [0.29, 0.717) is 0 Å². The van der Waals surface area contributed by atoms with Crippen LogP contribution in [0.15, 0.2) is 66.7 Å². The van der Waals surface area contributed by atoms with E-state index in [-0.39, 0.29) is 39.6 Å². The first-order chi connectivity index (χ1) is 19.1. The molecule has 1 N–H and O–H groups in total. The van der Waals surface area contributed by atoms with Crippen LogP contribution in [-0.2, 0) is 32.6 Å². The van der Waals surface area contributed by atoms with E-state index in [4.69, 9.17) is 34.8 Å². The van der Waals surface area contributed by atoms with Crippen LogP contribution in [0.1, 0.15) is 37.5 Å². The van der Waals surface area contributed by atoms with E-state index in [0.717, 1.165) is 27.3 Å². The van der Waals surface area contributed by atoms with E-state index in [9.17, 15) is 18.0 Å². The van der Waals surface area contributed by atoms with Gasteiger partial charge in [-0.1, -0.05) is 89.4 Å². The highest BCUT2D eigenvalue weighted by atomic mass is 35.5. The molecule has 0 saturated carbocycles. The molecule has 11 heteroatoms. The highest BCUT2D eigenvalue weighted by Crippen LogP contribution is 2.35. The number of carbonyl (C=O) groups is 2. The number of halogens is 3. The molecule has 7 nitrogen and oxygen atoms in total. The van der Waals surface area contributed by atoms with Crippen LogP contribution in [0.5, 0.6) is 0 Å². The summed E-state index contributed by atoms with van der Waals surface area (Å²) in [6.45, 7) is 6.95. The Hall–Kier alpha value is -2.78. The second-order valence-electron chi connectivity index (χ2n) is 10.9. The minimum absolute atomic E-state index is 0.00603. The lowest BCUT2D eigenvalue weighted by Crippen LogP contribution is -2.56. The van der Waals surface area contributed by atoms with E-state index < -0.39 is 34.1 Å². The van der Waals surface area contributed by atoms with Gasteiger partial charge in [0, 0.05) is 18.5 Å². The molecule has 3 aromatic rings. The molecule has 0 unspecified atom stereocenters. The van der Waals surface area contributed by atoms with Crippen LogP contribution < -0.4 is 9.62 Å². The van der Waals surface area contributed by atoms with Gasteiger partial charge in [-0.05, 0) is 56.5 Å². The molecule has 0 bridgehead atoms. The van der Waals surface area contributed by atoms with Gasteiger partial charge in [0.2, 0.25) is 21.8 Å². The zero-order chi connectivity index (χ0) is 30.5. The average molecular weight is 639 g/mol. The standard InChI is InChI=1S/C30H34Cl3N3O4S/c1-20-11-9-10-14-22(20)18-35(27(29(38)34-30(2,3)4)15-21-12-7-6-8-13-21)28(37)19-36(41(5,39)40)26-17-24(32)23(31)16-25(26)33/h6-14,16-17,27H,15,18-19H2,1-5H3,(H,34,38)/t27-/m1/s1. The molecule has 0 aliphatic heterocycles. The summed E-state index contributed by atoms with van der Waals surface area (Å²) in [6.07, 6.45) is 1.19. The molecule has 0 fully saturated rings. The van der Waals surface area contributed by atoms with Crippen molar-refractivity contribution in [2.24, 2.45) is 0 Å². The summed E-state index contributed by atoms with van der Waals surface area (Å²) in [7, 11) is -4.01. The number of amides is 2. The Bertz CT molecular complexity index is 1510. The molecule has 1 atom stereocenters. The number of nitrogens with zero attached hydrogens (tertiary/aromatic N) is 2. The molecule has 3 rings (SSSR count). The average Bonchev–Trinajstić information content (AvgIpc) is 2.87. The van der Waals surface area contributed by atoms with E-state index in [1.807, 2.05) is 82.3 Å². The van der Waals surface area contributed by atoms with Gasteiger partial charge in [-0.25, -0.2) is 8.42 Å². The Labute approximate surface area is 257 Å². The van der Waals surface area contributed by atoms with Crippen LogP contribution in [-0.4, -0.2) is 49.5 Å². The second-order valence-corrected chi connectivity index (χ2v) is 14.0. The minimum atomic E-state index is -4.01. The summed E-state index contributed by atoms with van der Waals surface area (Å²) in [5.41, 5.74) is 2.02. The van der Waals surface area contributed by atoms with Crippen molar-refractivity contribution in [3.8, 4) is 0 Å². The molecule has 0 spiro atoms. The number of sulfonamides is 1. The number of hydrogen-bond donors (Lipinski definition) is 1. The Balaban J connectivity index is 2.13. The predicted octanol–water partition coefficient (Wildman–Crippen LogP) is 6.28. The lowest BCUT2D eigenvalue weighted by atomic mass is 10.00. The molecular weight excluding hydrogens is 605 g/mol. The third-order valence-electron chi connectivity index (χ3n) is 6.31. The molecule has 0 heterocycles. The van der Waals surface area contributed by atoms with Gasteiger partial charge < -0.3 is 10.2 Å². The number of rotatable bonds is 10. The molecule has 0 radical (unpaired) electrons. The molecule has 0 aromatic heterocycles. The highest BCUT2D eigenvalue weighted by molar-refractivity contribution is 7.92. The number of hydrogen-bond acceptors (Lipinski definition) is 4. The van der Waals surface area contributed by atoms with Gasteiger partial charge in [-0.2, -0.15) is 0 Å². The summed E-state index contributed by atoms with van der Waals surface area (Å²) >= 11 is 18.6. The fraction of sp³-hybridized carbons (Fsp3) is 0.333. The lowest BCUT2D eigenvalue weighted by molar-refractivity contribution is -0.140. The van der Waals surface area contributed by atoms with Crippen LogP contribution in [0, 0.1) is 6.92 Å². The first-order valence-electron chi connectivity index (χ1n) is 12.9. The first kappa shape index (κ1) is 32.7. The third kappa shape index (κ3) is 9.10. The number of nitrogens with one attached hydrogen (secondary N) is 1. The van der Waals surface area contributed by atoms with Gasteiger partial charge in [-0.3, -0.25) is 13.9 Å². The van der Waals surface area contributed by atoms with Crippen LogP contribution in [0.3, 0.4) is 0 Å². The van der Waals surface area contributed by atoms with Gasteiger partial charge in [0.1, 0.15) is 12.6 Å². The number of carbonyl (C=O) groups excluding carboxylic acids is 2. The van der Waals surface area contributed by atoms with Gasteiger partial charge in [0.05, 0.1) is 27.0 Å². The Morgan fingerprint density at radius 2 is 1.49 bits per heavy atom. The summed E-state index contributed by atoms with van der Waals surface area (Å²) in [6, 6.07) is 18.6. The maximum atomic E-state index is 14.2. The van der Waals surface area contributed by atoms with E-state index in [1.165, 1.54) is 17.0 Å². The zero-order valence-electron chi connectivity index (χ0n) is 23.6. The van der Waals surface area contributed by atoms with Gasteiger partial charge in [0.25, 0.3) is 0 Å². The van der Waals surface area contributed by atoms with Crippen LogP contribution in [0.25, 0.3) is 0 Å². The fourth-order valence-corrected chi connectivity index (χ4v) is 5.82. The summed E-state index contributed by atoms with van der Waals surface area (Å²) in [4.78, 5) is 29.4. The van der Waals surface area contributed by atoms with Crippen LogP contribution in [0.4, 0.5) is 5.69 Å². The molecular formula is C30H34Cl3N3O4S. The van der Waals surface area contributed by atoms with Crippen molar-refractivity contribution >= 4 is 62.3 Å². The van der Waals surface area contributed by atoms with E-state index in [1.54, 1.807) is 0 Å². The van der Waals surface area contributed by atoms with Crippen molar-refractivity contribution in [3.05, 3.63) is 98.5 Å². The molecule has 0 saturated heterocycles. The Morgan fingerprint density at radius 1 is 0.902 bits per heavy atom. The Kier molecular flexibility index (Phi) is 10.7. The van der Waals surface area contributed by atoms with Crippen LogP contribution >= 0.6 is 34.8 Å². The Morgan fingerprint density at radius 3 is 2.07 bits per heavy atom. The number of benzene rings is 3. The summed E-state index contributed by atoms with van der Waals surface area (Å²) in [5.74, 6) is -0.951. The van der Waals surface area contributed by atoms with E-state index >= 15 is 0 Å². The van der Waals surface area contributed by atoms with Gasteiger partial charge >= 0.3 is 0 Å². The fourth-order valence-electron chi connectivity index (χ4n) is 4.28. The molecule has 3 aromatic carbocycles. The van der Waals surface area contributed by atoms with Crippen molar-refractivity contribution in [2.45, 2.75) is 52.2 Å². The van der Waals surface area contributed by atoms with Gasteiger partial charge in [0.15, 0.2) is 0 Å². The molecule has 2 amide bonds. The molecule has 220 valence electrons. The van der Waals surface area contributed by atoms with Crippen molar-refractivity contribution in [1.29, 1.82) is 0 Å². The largest absolute Gasteiger partial charge is 0.350 e. The number of aryl methyl sites for hydroxylation is 1. The minimum Gasteiger partial charge on any atom is -0.350 e. The summed E-state index contributed by atoms with van der Waals surface area (Å²) < 4.78 is 26.8. The molecule has 41 heavy (non-hydrogen) atoms. The van der Waals surface area contributed by atoms with Gasteiger partial charge in [-0.15, -0.1) is 0 Å². The van der Waals surface area contributed by atoms with Crippen molar-refractivity contribution in [3.63, 3.8) is 0 Å². The SMILES string of the molecule is Cc1ccccc1CN(C(=O)CN(c1cc(Cl)c(Cl)cc1Cl)S(C)(=O)=O)[C@H](Cc1ccccc1)C(=O)NC(C)(C)C. The van der Waals surface area contributed by atoms with Crippen LogP contribution in [0.2, 0.25) is 15.1 Å².